The Hall–Kier alpha value is -3.40. The number of allylic oxidation sites excluding steroid dienone is 1. The number of hydrogen-bond acceptors (Lipinski definition) is 7. The summed E-state index contributed by atoms with van der Waals surface area (Å²) < 4.78 is 11.0. The van der Waals surface area contributed by atoms with Crippen LogP contribution < -0.4 is 10.2 Å². The van der Waals surface area contributed by atoms with Gasteiger partial charge in [-0.25, -0.2) is 14.6 Å². The number of benzene rings is 1. The zero-order valence-electron chi connectivity index (χ0n) is 25.4. The second kappa shape index (κ2) is 14.4. The maximum atomic E-state index is 13.1. The molecule has 0 saturated heterocycles. The van der Waals surface area contributed by atoms with Crippen molar-refractivity contribution in [1.29, 1.82) is 0 Å². The summed E-state index contributed by atoms with van der Waals surface area (Å²) >= 11 is 13.9. The zero-order chi connectivity index (χ0) is 31.9. The Morgan fingerprint density at radius 2 is 1.63 bits per heavy atom. The molecule has 1 unspecified atom stereocenters. The lowest BCUT2D eigenvalue weighted by atomic mass is 10.1. The Balaban J connectivity index is 1.70. The number of nitrogens with zero attached hydrogens (tertiary/aromatic N) is 2. The molecule has 0 aliphatic carbocycles. The summed E-state index contributed by atoms with van der Waals surface area (Å²) in [6.07, 6.45) is 4.21. The van der Waals surface area contributed by atoms with Crippen molar-refractivity contribution in [3.63, 3.8) is 0 Å². The fourth-order valence-corrected chi connectivity index (χ4v) is 5.28. The van der Waals surface area contributed by atoms with Gasteiger partial charge in [-0.15, -0.1) is 11.3 Å². The van der Waals surface area contributed by atoms with E-state index < -0.39 is 35.2 Å². The van der Waals surface area contributed by atoms with Crippen LogP contribution in [-0.4, -0.2) is 47.2 Å². The van der Waals surface area contributed by atoms with E-state index in [4.69, 9.17) is 32.7 Å². The van der Waals surface area contributed by atoms with Gasteiger partial charge in [0.05, 0.1) is 15.6 Å². The van der Waals surface area contributed by atoms with E-state index in [1.165, 1.54) is 16.2 Å². The second-order valence-corrected chi connectivity index (χ2v) is 13.6. The van der Waals surface area contributed by atoms with Crippen molar-refractivity contribution >= 4 is 64.4 Å². The highest BCUT2D eigenvalue weighted by atomic mass is 35.5. The molecule has 3 aromatic rings. The number of esters is 1. The lowest BCUT2D eigenvalue weighted by molar-refractivity contribution is -0.157. The molecule has 43 heavy (non-hydrogen) atoms. The SMILES string of the molecule is CN(C(=O)OC(C)(C)C)c1cccc(C/C=C/c2csc(CC(NC(=O)c3c(Cl)cccc3Cl)C(=O)OC(C)(C)C)c2)n1. The molecule has 0 aliphatic heterocycles. The van der Waals surface area contributed by atoms with Crippen LogP contribution in [0.4, 0.5) is 10.6 Å². The minimum Gasteiger partial charge on any atom is -0.458 e. The van der Waals surface area contributed by atoms with Gasteiger partial charge in [-0.2, -0.15) is 0 Å². The maximum absolute atomic E-state index is 13.1. The molecule has 2 amide bonds. The van der Waals surface area contributed by atoms with E-state index in [1.54, 1.807) is 52.1 Å². The summed E-state index contributed by atoms with van der Waals surface area (Å²) in [7, 11) is 1.62. The number of carbonyl (C=O) groups is 3. The van der Waals surface area contributed by atoms with Gasteiger partial charge in [0.25, 0.3) is 5.91 Å². The fourth-order valence-electron chi connectivity index (χ4n) is 3.81. The minimum atomic E-state index is -0.955. The van der Waals surface area contributed by atoms with Crippen molar-refractivity contribution in [1.82, 2.24) is 10.3 Å². The number of halogens is 2. The molecular formula is C32H37Cl2N3O5S. The molecule has 3 rings (SSSR count). The molecule has 230 valence electrons. The van der Waals surface area contributed by atoms with Crippen LogP contribution in [0.3, 0.4) is 0 Å². The average molecular weight is 647 g/mol. The number of carbonyl (C=O) groups excluding carboxylic acids is 3. The van der Waals surface area contributed by atoms with Gasteiger partial charge in [-0.05, 0) is 82.8 Å². The van der Waals surface area contributed by atoms with Crippen LogP contribution in [0.1, 0.15) is 68.0 Å². The molecule has 11 heteroatoms. The first-order valence-corrected chi connectivity index (χ1v) is 15.3. The van der Waals surface area contributed by atoms with Gasteiger partial charge in [0.1, 0.15) is 23.1 Å². The number of amides is 2. The molecule has 2 heterocycles. The van der Waals surface area contributed by atoms with Crippen molar-refractivity contribution in [3.8, 4) is 0 Å². The van der Waals surface area contributed by atoms with Crippen LogP contribution in [0.5, 0.6) is 0 Å². The standard InChI is InChI=1S/C32H37Cl2N3O5S/c1-31(2,3)41-29(39)25(36-28(38)27-23(33)14-10-15-24(27)34)18-22-17-20(19-43-22)11-8-12-21-13-9-16-26(35-21)37(7)30(40)42-32(4,5)6/h8-11,13-17,19,25H,12,18H2,1-7H3,(H,36,38)/b11-8+. The lowest BCUT2D eigenvalue weighted by Crippen LogP contribution is -2.45. The molecule has 0 spiro atoms. The number of hydrogen-bond donors (Lipinski definition) is 1. The van der Waals surface area contributed by atoms with Crippen LogP contribution in [0.2, 0.25) is 10.0 Å². The van der Waals surface area contributed by atoms with Crippen LogP contribution >= 0.6 is 34.5 Å². The lowest BCUT2D eigenvalue weighted by Gasteiger charge is -2.24. The summed E-state index contributed by atoms with van der Waals surface area (Å²) in [5.74, 6) is -0.627. The molecule has 2 aromatic heterocycles. The number of nitrogens with one attached hydrogen (secondary N) is 1. The van der Waals surface area contributed by atoms with E-state index in [0.717, 1.165) is 16.1 Å². The Labute approximate surface area is 267 Å². The minimum absolute atomic E-state index is 0.101. The van der Waals surface area contributed by atoms with Crippen molar-refractivity contribution in [2.24, 2.45) is 0 Å². The quantitative estimate of drug-likeness (QED) is 0.239. The van der Waals surface area contributed by atoms with Gasteiger partial charge >= 0.3 is 12.1 Å². The smallest absolute Gasteiger partial charge is 0.415 e. The van der Waals surface area contributed by atoms with Gasteiger partial charge in [0, 0.05) is 30.5 Å². The normalized spacial score (nSPS) is 12.6. The number of ether oxygens (including phenoxy) is 2. The summed E-state index contributed by atoms with van der Waals surface area (Å²) in [5, 5.41) is 5.09. The molecule has 0 aliphatic rings. The summed E-state index contributed by atoms with van der Waals surface area (Å²) in [5.41, 5.74) is 0.478. The predicted molar refractivity (Wildman–Crippen MR) is 173 cm³/mol. The summed E-state index contributed by atoms with van der Waals surface area (Å²) in [4.78, 5) is 45.4. The molecule has 8 nitrogen and oxygen atoms in total. The number of thiophene rings is 1. The first kappa shape index (κ1) is 34.1. The number of anilines is 1. The molecule has 0 saturated carbocycles. The molecule has 1 atom stereocenters. The van der Waals surface area contributed by atoms with Gasteiger partial charge < -0.3 is 14.8 Å². The maximum Gasteiger partial charge on any atom is 0.415 e. The highest BCUT2D eigenvalue weighted by molar-refractivity contribution is 7.10. The zero-order valence-corrected chi connectivity index (χ0v) is 27.7. The van der Waals surface area contributed by atoms with Crippen molar-refractivity contribution in [2.45, 2.75) is 71.6 Å². The largest absolute Gasteiger partial charge is 0.458 e. The van der Waals surface area contributed by atoms with Crippen molar-refractivity contribution < 1.29 is 23.9 Å². The van der Waals surface area contributed by atoms with E-state index in [1.807, 2.05) is 56.5 Å². The van der Waals surface area contributed by atoms with Gasteiger partial charge in [0.2, 0.25) is 0 Å². The highest BCUT2D eigenvalue weighted by Gasteiger charge is 2.29. The third kappa shape index (κ3) is 10.7. The fraction of sp³-hybridized carbons (Fsp3) is 0.375. The Morgan fingerprint density at radius 1 is 1.00 bits per heavy atom. The van der Waals surface area contributed by atoms with E-state index in [-0.39, 0.29) is 22.0 Å². The van der Waals surface area contributed by atoms with E-state index in [0.29, 0.717) is 12.2 Å². The predicted octanol–water partition coefficient (Wildman–Crippen LogP) is 7.76. The average Bonchev–Trinajstić information content (AvgIpc) is 3.33. The Bertz CT molecular complexity index is 1470. The van der Waals surface area contributed by atoms with Crippen molar-refractivity contribution in [3.05, 3.63) is 85.7 Å². The molecule has 1 N–H and O–H groups in total. The van der Waals surface area contributed by atoms with Gasteiger partial charge in [-0.1, -0.05) is 47.5 Å². The molecule has 0 bridgehead atoms. The van der Waals surface area contributed by atoms with Crippen LogP contribution in [0, 0.1) is 0 Å². The summed E-state index contributed by atoms with van der Waals surface area (Å²) in [6, 6.07) is 11.2. The van der Waals surface area contributed by atoms with Gasteiger partial charge in [-0.3, -0.25) is 9.69 Å². The first-order valence-electron chi connectivity index (χ1n) is 13.7. The topological polar surface area (TPSA) is 97.8 Å². The van der Waals surface area contributed by atoms with Crippen LogP contribution in [0.15, 0.2) is 53.9 Å². The van der Waals surface area contributed by atoms with Crippen molar-refractivity contribution in [2.75, 3.05) is 11.9 Å². The van der Waals surface area contributed by atoms with Gasteiger partial charge in [0.15, 0.2) is 0 Å². The second-order valence-electron chi connectivity index (χ2n) is 11.8. The summed E-state index contributed by atoms with van der Waals surface area (Å²) in [6.45, 7) is 10.7. The molecule has 0 radical (unpaired) electrons. The Kier molecular flexibility index (Phi) is 11.4. The third-order valence-electron chi connectivity index (χ3n) is 5.71. The molecular weight excluding hydrogens is 609 g/mol. The highest BCUT2D eigenvalue weighted by Crippen LogP contribution is 2.25. The first-order chi connectivity index (χ1) is 20.0. The van der Waals surface area contributed by atoms with E-state index in [9.17, 15) is 14.4 Å². The molecule has 1 aromatic carbocycles. The van der Waals surface area contributed by atoms with E-state index >= 15 is 0 Å². The van der Waals surface area contributed by atoms with E-state index in [2.05, 4.69) is 10.3 Å². The number of pyridine rings is 1. The Morgan fingerprint density at radius 3 is 2.26 bits per heavy atom. The number of aromatic nitrogens is 1. The van der Waals surface area contributed by atoms with Crippen LogP contribution in [0.25, 0.3) is 6.08 Å². The van der Waals surface area contributed by atoms with Crippen LogP contribution in [-0.2, 0) is 27.1 Å². The monoisotopic (exact) mass is 645 g/mol. The molecule has 0 fully saturated rings. The third-order valence-corrected chi connectivity index (χ3v) is 7.31. The number of rotatable bonds is 9.